The van der Waals surface area contributed by atoms with E-state index in [1.165, 1.54) is 4.90 Å². The summed E-state index contributed by atoms with van der Waals surface area (Å²) >= 11 is 12.4. The molecular weight excluding hydrogens is 525 g/mol. The number of hydrogen-bond acceptors (Lipinski definition) is 5. The summed E-state index contributed by atoms with van der Waals surface area (Å²) in [5.41, 5.74) is 1.36. The lowest BCUT2D eigenvalue weighted by Crippen LogP contribution is -2.56. The molecular formula is C26H29Cl2NO6S. The molecule has 0 spiro atoms. The maximum atomic E-state index is 13.8. The molecule has 2 fully saturated rings. The summed E-state index contributed by atoms with van der Waals surface area (Å²) in [7, 11) is -3.44. The van der Waals surface area contributed by atoms with Crippen LogP contribution >= 0.6 is 23.2 Å². The third-order valence-corrected chi connectivity index (χ3v) is 9.03. The Bertz CT molecular complexity index is 1220. The predicted octanol–water partition coefficient (Wildman–Crippen LogP) is 5.08. The van der Waals surface area contributed by atoms with Crippen LogP contribution in [-0.2, 0) is 24.2 Å². The first-order chi connectivity index (χ1) is 17.1. The van der Waals surface area contributed by atoms with Crippen LogP contribution in [0.3, 0.4) is 0 Å². The number of carbonyl (C=O) groups excluding carboxylic acids is 1. The summed E-state index contributed by atoms with van der Waals surface area (Å²) in [6, 6.07) is 12.6. The molecule has 7 nitrogen and oxygen atoms in total. The second-order valence-electron chi connectivity index (χ2n) is 9.52. The number of amides is 1. The van der Waals surface area contributed by atoms with Crippen molar-refractivity contribution in [3.63, 3.8) is 0 Å². The minimum absolute atomic E-state index is 0.101. The van der Waals surface area contributed by atoms with E-state index in [-0.39, 0.29) is 17.4 Å². The van der Waals surface area contributed by atoms with Crippen LogP contribution < -0.4 is 0 Å². The molecule has 1 aliphatic heterocycles. The molecule has 1 saturated heterocycles. The highest BCUT2D eigenvalue weighted by Crippen LogP contribution is 2.45. The van der Waals surface area contributed by atoms with E-state index in [0.717, 1.165) is 12.8 Å². The molecule has 1 N–H and O–H groups in total. The summed E-state index contributed by atoms with van der Waals surface area (Å²) in [5, 5.41) is 10.5. The first kappa shape index (κ1) is 26.9. The van der Waals surface area contributed by atoms with Crippen LogP contribution in [0.25, 0.3) is 0 Å². The summed E-state index contributed by atoms with van der Waals surface area (Å²) in [5.74, 6) is -1.64. The fourth-order valence-electron chi connectivity index (χ4n) is 4.80. The maximum Gasteiger partial charge on any atom is 0.306 e. The van der Waals surface area contributed by atoms with Crippen LogP contribution in [0.2, 0.25) is 10.0 Å². The number of morpholine rings is 1. The number of hydrogen-bond donors (Lipinski definition) is 1. The molecule has 194 valence electrons. The van der Waals surface area contributed by atoms with Gasteiger partial charge in [0.25, 0.3) is 5.91 Å². The standard InChI is InChI=1S/C26H29Cl2NO6S/c1-2-21(15-36(33,34)14-16-6-7-16)29-24(17-8-10-19(27)11-9-17)25(18-4-3-5-20(28)12-18)35-22(26(29)32)13-23(30)31/h3-5,8-12,16,21-22,24-25H,2,6-7,13-15H2,1H3,(H,30,31)/t21-,22+,24+,25+/m0/s1. The van der Waals surface area contributed by atoms with Gasteiger partial charge in [-0.2, -0.15) is 0 Å². The van der Waals surface area contributed by atoms with Gasteiger partial charge in [0.2, 0.25) is 0 Å². The Labute approximate surface area is 221 Å². The summed E-state index contributed by atoms with van der Waals surface area (Å²) in [6.07, 6.45) is -0.399. The van der Waals surface area contributed by atoms with Gasteiger partial charge in [0, 0.05) is 16.1 Å². The second kappa shape index (κ2) is 11.1. The van der Waals surface area contributed by atoms with Gasteiger partial charge in [0.1, 0.15) is 12.2 Å². The minimum atomic E-state index is -3.44. The summed E-state index contributed by atoms with van der Waals surface area (Å²) in [4.78, 5) is 26.9. The fraction of sp³-hybridized carbons (Fsp3) is 0.462. The number of nitrogens with zero attached hydrogens (tertiary/aromatic N) is 1. The van der Waals surface area contributed by atoms with E-state index >= 15 is 0 Å². The second-order valence-corrected chi connectivity index (χ2v) is 12.5. The third kappa shape index (κ3) is 6.40. The van der Waals surface area contributed by atoms with Crippen molar-refractivity contribution in [1.82, 2.24) is 4.90 Å². The largest absolute Gasteiger partial charge is 0.481 e. The van der Waals surface area contributed by atoms with E-state index in [4.69, 9.17) is 27.9 Å². The average Bonchev–Trinajstić information content (AvgIpc) is 3.62. The van der Waals surface area contributed by atoms with E-state index < -0.39 is 52.4 Å². The van der Waals surface area contributed by atoms with E-state index in [1.807, 2.05) is 6.92 Å². The Kier molecular flexibility index (Phi) is 8.29. The Balaban J connectivity index is 1.82. The zero-order valence-corrected chi connectivity index (χ0v) is 22.2. The molecule has 1 saturated carbocycles. The van der Waals surface area contributed by atoms with Gasteiger partial charge < -0.3 is 14.7 Å². The first-order valence-electron chi connectivity index (χ1n) is 12.0. The van der Waals surface area contributed by atoms with Crippen LogP contribution in [0.1, 0.15) is 55.9 Å². The lowest BCUT2D eigenvalue weighted by molar-refractivity contribution is -0.182. The molecule has 10 heteroatoms. The normalized spacial score (nSPS) is 23.5. The van der Waals surface area contributed by atoms with Crippen molar-refractivity contribution in [1.29, 1.82) is 0 Å². The highest BCUT2D eigenvalue weighted by atomic mass is 35.5. The van der Waals surface area contributed by atoms with E-state index in [0.29, 0.717) is 27.6 Å². The predicted molar refractivity (Wildman–Crippen MR) is 138 cm³/mol. The number of sulfone groups is 1. The van der Waals surface area contributed by atoms with Crippen LogP contribution in [0.5, 0.6) is 0 Å². The molecule has 1 aliphatic carbocycles. The summed E-state index contributed by atoms with van der Waals surface area (Å²) < 4.78 is 32.3. The van der Waals surface area contributed by atoms with Gasteiger partial charge in [-0.25, -0.2) is 8.42 Å². The molecule has 0 unspecified atom stereocenters. The lowest BCUT2D eigenvalue weighted by atomic mass is 9.89. The smallest absolute Gasteiger partial charge is 0.306 e. The van der Waals surface area contributed by atoms with Gasteiger partial charge >= 0.3 is 5.97 Å². The molecule has 0 aromatic heterocycles. The minimum Gasteiger partial charge on any atom is -0.481 e. The third-order valence-electron chi connectivity index (χ3n) is 6.67. The van der Waals surface area contributed by atoms with Crippen molar-refractivity contribution >= 4 is 44.9 Å². The molecule has 1 amide bonds. The molecule has 2 aromatic rings. The molecule has 4 atom stereocenters. The van der Waals surface area contributed by atoms with Crippen LogP contribution in [-0.4, -0.2) is 54.0 Å². The van der Waals surface area contributed by atoms with Gasteiger partial charge in [-0.15, -0.1) is 0 Å². The Morgan fingerprint density at radius 3 is 2.39 bits per heavy atom. The van der Waals surface area contributed by atoms with E-state index in [2.05, 4.69) is 0 Å². The molecule has 0 radical (unpaired) electrons. The number of carboxylic acid groups (broad SMARTS) is 1. The van der Waals surface area contributed by atoms with E-state index in [1.54, 1.807) is 48.5 Å². The summed E-state index contributed by atoms with van der Waals surface area (Å²) in [6.45, 7) is 1.83. The molecule has 0 bridgehead atoms. The topological polar surface area (TPSA) is 101 Å². The van der Waals surface area contributed by atoms with Crippen molar-refractivity contribution in [3.05, 3.63) is 69.7 Å². The first-order valence-corrected chi connectivity index (χ1v) is 14.6. The van der Waals surface area contributed by atoms with Crippen LogP contribution in [0, 0.1) is 5.92 Å². The fourth-order valence-corrected chi connectivity index (χ4v) is 7.29. The number of halogens is 2. The molecule has 4 rings (SSSR count). The quantitative estimate of drug-likeness (QED) is 0.440. The van der Waals surface area contributed by atoms with Crippen molar-refractivity contribution in [2.75, 3.05) is 11.5 Å². The average molecular weight is 554 g/mol. The van der Waals surface area contributed by atoms with Gasteiger partial charge in [0.05, 0.1) is 24.0 Å². The number of ether oxygens (including phenoxy) is 1. The number of carbonyl (C=O) groups is 2. The van der Waals surface area contributed by atoms with Gasteiger partial charge in [-0.3, -0.25) is 9.59 Å². The van der Waals surface area contributed by atoms with Crippen LogP contribution in [0.15, 0.2) is 48.5 Å². The Morgan fingerprint density at radius 1 is 1.11 bits per heavy atom. The van der Waals surface area contributed by atoms with Crippen molar-refractivity contribution < 1.29 is 27.9 Å². The number of benzene rings is 2. The highest BCUT2D eigenvalue weighted by molar-refractivity contribution is 7.91. The highest BCUT2D eigenvalue weighted by Gasteiger charge is 2.48. The number of aliphatic carboxylic acids is 1. The molecule has 1 heterocycles. The monoisotopic (exact) mass is 553 g/mol. The maximum absolute atomic E-state index is 13.8. The SMILES string of the molecule is CC[C@@H](CS(=O)(=O)CC1CC1)N1C(=O)[C@@H](CC(=O)O)O[C@H](c2cccc(Cl)c2)[C@H]1c1ccc(Cl)cc1. The molecule has 2 aromatic carbocycles. The Morgan fingerprint density at radius 2 is 1.81 bits per heavy atom. The molecule has 36 heavy (non-hydrogen) atoms. The van der Waals surface area contributed by atoms with Crippen LogP contribution in [0.4, 0.5) is 0 Å². The number of carboxylic acids is 1. The zero-order chi connectivity index (χ0) is 26.0. The van der Waals surface area contributed by atoms with E-state index in [9.17, 15) is 23.1 Å². The zero-order valence-electron chi connectivity index (χ0n) is 19.8. The lowest BCUT2D eigenvalue weighted by Gasteiger charge is -2.48. The van der Waals surface area contributed by atoms with Crippen molar-refractivity contribution in [2.24, 2.45) is 5.92 Å². The van der Waals surface area contributed by atoms with Crippen molar-refractivity contribution in [2.45, 2.75) is 56.9 Å². The number of rotatable bonds is 10. The Hall–Kier alpha value is -2.13. The molecule has 2 aliphatic rings. The van der Waals surface area contributed by atoms with Crippen molar-refractivity contribution in [3.8, 4) is 0 Å². The van der Waals surface area contributed by atoms with Gasteiger partial charge in [-0.1, -0.05) is 54.4 Å². The van der Waals surface area contributed by atoms with Gasteiger partial charge in [-0.05, 0) is 60.6 Å². The van der Waals surface area contributed by atoms with Gasteiger partial charge in [0.15, 0.2) is 9.84 Å².